The molecule has 0 amide bonds. The summed E-state index contributed by atoms with van der Waals surface area (Å²) in [4.78, 5) is 8.57. The molecule has 3 nitrogen and oxygen atoms in total. The topological polar surface area (TPSA) is 30.2 Å². The van der Waals surface area contributed by atoms with Crippen LogP contribution >= 0.6 is 0 Å². The van der Waals surface area contributed by atoms with Crippen LogP contribution in [-0.2, 0) is 6.54 Å². The Morgan fingerprint density at radius 3 is 3.42 bits per heavy atom. The third-order valence-electron chi connectivity index (χ3n) is 2.13. The van der Waals surface area contributed by atoms with Gasteiger partial charge in [-0.05, 0) is 12.1 Å². The normalized spacial score (nSPS) is 14.0. The van der Waals surface area contributed by atoms with E-state index < -0.39 is 0 Å². The molecule has 0 fully saturated rings. The summed E-state index contributed by atoms with van der Waals surface area (Å²) in [5, 5.41) is 0. The number of aromatic nitrogens is 2. The van der Waals surface area contributed by atoms with Crippen LogP contribution in [0.2, 0.25) is 0 Å². The summed E-state index contributed by atoms with van der Waals surface area (Å²) in [6.07, 6.45) is 3.77. The highest BCUT2D eigenvalue weighted by atomic mass is 15.1. The van der Waals surface area contributed by atoms with E-state index >= 15 is 0 Å². The highest BCUT2D eigenvalue weighted by Crippen LogP contribution is 2.26. The van der Waals surface area contributed by atoms with Gasteiger partial charge in [0.1, 0.15) is 0 Å². The van der Waals surface area contributed by atoms with Gasteiger partial charge in [0.25, 0.3) is 0 Å². The molecule has 0 unspecified atom stereocenters. The second-order valence-corrected chi connectivity index (χ2v) is 2.85. The SMILES string of the molecule is C1=Nc2cccc3ncn(c23)C1.[H+]. The number of hydrogen-bond donors (Lipinski definition) is 0. The van der Waals surface area contributed by atoms with Crippen molar-refractivity contribution in [2.45, 2.75) is 6.54 Å². The Morgan fingerprint density at radius 2 is 2.42 bits per heavy atom. The first-order chi connectivity index (χ1) is 5.95. The minimum Gasteiger partial charge on any atom is -0.323 e. The lowest BCUT2D eigenvalue weighted by Crippen LogP contribution is -2.00. The standard InChI is InChI=1S/C9H7N3/c1-2-7-9-8(3-1)11-6-12(9)5-4-10-7/h1-4,6H,5H2/p+1. The summed E-state index contributed by atoms with van der Waals surface area (Å²) >= 11 is 0. The predicted octanol–water partition coefficient (Wildman–Crippen LogP) is 1.86. The van der Waals surface area contributed by atoms with Gasteiger partial charge in [0, 0.05) is 6.21 Å². The highest BCUT2D eigenvalue weighted by Gasteiger charge is 2.08. The fourth-order valence-electron chi connectivity index (χ4n) is 1.58. The maximum Gasteiger partial charge on any atom is 1.00 e. The Morgan fingerprint density at radius 1 is 1.42 bits per heavy atom. The van der Waals surface area contributed by atoms with Crippen LogP contribution in [0.3, 0.4) is 0 Å². The Hall–Kier alpha value is -1.64. The van der Waals surface area contributed by atoms with Crippen molar-refractivity contribution in [1.29, 1.82) is 0 Å². The molecule has 0 aliphatic carbocycles. The molecule has 1 aliphatic heterocycles. The third-order valence-corrected chi connectivity index (χ3v) is 2.13. The van der Waals surface area contributed by atoms with Gasteiger partial charge >= 0.3 is 1.43 Å². The van der Waals surface area contributed by atoms with Gasteiger partial charge in [0.15, 0.2) is 0 Å². The summed E-state index contributed by atoms with van der Waals surface area (Å²) in [7, 11) is 0. The molecule has 1 aromatic heterocycles. The molecule has 0 atom stereocenters. The van der Waals surface area contributed by atoms with Crippen LogP contribution in [0.25, 0.3) is 11.0 Å². The first-order valence-corrected chi connectivity index (χ1v) is 3.91. The molecule has 0 N–H and O–H groups in total. The van der Waals surface area contributed by atoms with Gasteiger partial charge in [0.05, 0.1) is 29.6 Å². The summed E-state index contributed by atoms with van der Waals surface area (Å²) < 4.78 is 2.11. The van der Waals surface area contributed by atoms with E-state index in [1.807, 2.05) is 30.7 Å². The maximum atomic E-state index is 4.30. The van der Waals surface area contributed by atoms with Gasteiger partial charge in [-0.1, -0.05) is 6.07 Å². The van der Waals surface area contributed by atoms with Crippen LogP contribution in [0.1, 0.15) is 1.43 Å². The fourth-order valence-corrected chi connectivity index (χ4v) is 1.58. The highest BCUT2D eigenvalue weighted by molar-refractivity contribution is 5.91. The molecule has 0 saturated carbocycles. The molecule has 12 heavy (non-hydrogen) atoms. The van der Waals surface area contributed by atoms with Crippen molar-refractivity contribution in [3.8, 4) is 0 Å². The molecule has 2 heterocycles. The predicted molar refractivity (Wildman–Crippen MR) is 49.0 cm³/mol. The lowest BCUT2D eigenvalue weighted by atomic mass is 10.2. The summed E-state index contributed by atoms with van der Waals surface area (Å²) in [5.74, 6) is 0. The number of imidazole rings is 1. The van der Waals surface area contributed by atoms with E-state index in [1.54, 1.807) is 0 Å². The quantitative estimate of drug-likeness (QED) is 0.575. The van der Waals surface area contributed by atoms with E-state index in [1.165, 1.54) is 0 Å². The lowest BCUT2D eigenvalue weighted by molar-refractivity contribution is 0.884. The molecule has 1 aromatic carbocycles. The van der Waals surface area contributed by atoms with Crippen molar-refractivity contribution < 1.29 is 1.43 Å². The van der Waals surface area contributed by atoms with Crippen LogP contribution in [-0.4, -0.2) is 15.8 Å². The molecule has 0 bridgehead atoms. The van der Waals surface area contributed by atoms with E-state index in [9.17, 15) is 0 Å². The molecule has 3 rings (SSSR count). The Bertz CT molecular complexity index is 473. The van der Waals surface area contributed by atoms with Crippen LogP contribution < -0.4 is 0 Å². The van der Waals surface area contributed by atoms with Crippen LogP contribution in [0.5, 0.6) is 0 Å². The largest absolute Gasteiger partial charge is 1.00 e. The monoisotopic (exact) mass is 158 g/mol. The van der Waals surface area contributed by atoms with Crippen molar-refractivity contribution in [2.24, 2.45) is 4.99 Å². The van der Waals surface area contributed by atoms with E-state index in [2.05, 4.69) is 14.5 Å². The third kappa shape index (κ3) is 0.605. The first kappa shape index (κ1) is 5.94. The summed E-state index contributed by atoms with van der Waals surface area (Å²) in [5.41, 5.74) is 3.21. The van der Waals surface area contributed by atoms with Gasteiger partial charge in [-0.2, -0.15) is 0 Å². The van der Waals surface area contributed by atoms with Crippen molar-refractivity contribution in [1.82, 2.24) is 9.55 Å². The smallest absolute Gasteiger partial charge is 0.323 e. The Kier molecular flexibility index (Phi) is 0.961. The minimum absolute atomic E-state index is 0. The van der Waals surface area contributed by atoms with Crippen LogP contribution in [0.15, 0.2) is 29.5 Å². The maximum absolute atomic E-state index is 4.30. The number of rotatable bonds is 0. The number of aliphatic imine (C=N–C) groups is 1. The average molecular weight is 158 g/mol. The van der Waals surface area contributed by atoms with Gasteiger partial charge in [-0.3, -0.25) is 4.99 Å². The van der Waals surface area contributed by atoms with Crippen molar-refractivity contribution >= 4 is 22.9 Å². The Balaban J connectivity index is 0.000000653. The van der Waals surface area contributed by atoms with Gasteiger partial charge in [-0.25, -0.2) is 4.98 Å². The van der Waals surface area contributed by atoms with E-state index in [4.69, 9.17) is 0 Å². The molecule has 0 spiro atoms. The zero-order valence-corrected chi connectivity index (χ0v) is 6.44. The minimum atomic E-state index is 0. The van der Waals surface area contributed by atoms with E-state index in [-0.39, 0.29) is 1.43 Å². The average Bonchev–Trinajstić information content (AvgIpc) is 2.52. The molecule has 2 aromatic rings. The molecule has 1 aliphatic rings. The van der Waals surface area contributed by atoms with Gasteiger partial charge in [0.2, 0.25) is 0 Å². The number of benzene rings is 1. The molecular weight excluding hydrogens is 150 g/mol. The van der Waals surface area contributed by atoms with Crippen molar-refractivity contribution in [2.75, 3.05) is 0 Å². The molecule has 0 radical (unpaired) electrons. The van der Waals surface area contributed by atoms with Gasteiger partial charge < -0.3 is 4.57 Å². The van der Waals surface area contributed by atoms with Crippen molar-refractivity contribution in [3.63, 3.8) is 0 Å². The van der Waals surface area contributed by atoms with Gasteiger partial charge in [-0.15, -0.1) is 0 Å². The second-order valence-electron chi connectivity index (χ2n) is 2.85. The van der Waals surface area contributed by atoms with E-state index in [0.717, 1.165) is 23.3 Å². The molecular formula is C9H8N3+. The van der Waals surface area contributed by atoms with E-state index in [0.29, 0.717) is 0 Å². The molecule has 0 saturated heterocycles. The number of para-hydroxylation sites is 1. The lowest BCUT2D eigenvalue weighted by Gasteiger charge is -2.06. The molecule has 3 heteroatoms. The zero-order chi connectivity index (χ0) is 7.97. The van der Waals surface area contributed by atoms with Crippen LogP contribution in [0, 0.1) is 0 Å². The van der Waals surface area contributed by atoms with Crippen molar-refractivity contribution in [3.05, 3.63) is 24.5 Å². The summed E-state index contributed by atoms with van der Waals surface area (Å²) in [6, 6.07) is 6.00. The zero-order valence-electron chi connectivity index (χ0n) is 7.44. The number of hydrogen-bond acceptors (Lipinski definition) is 2. The summed E-state index contributed by atoms with van der Waals surface area (Å²) in [6.45, 7) is 0.841. The number of nitrogens with zero attached hydrogens (tertiary/aromatic N) is 3. The fraction of sp³-hybridized carbons (Fsp3) is 0.111. The van der Waals surface area contributed by atoms with Crippen LogP contribution in [0.4, 0.5) is 5.69 Å². The molecule has 58 valence electrons. The first-order valence-electron chi connectivity index (χ1n) is 3.91. The second kappa shape index (κ2) is 1.94. The Labute approximate surface area is 70.9 Å².